The smallest absolute Gasteiger partial charge is 0.123 e. The number of para-hydroxylation sites is 1. The highest BCUT2D eigenvalue weighted by molar-refractivity contribution is 5.32. The Labute approximate surface area is 128 Å². The second-order valence-electron chi connectivity index (χ2n) is 5.85. The molecule has 0 spiro atoms. The summed E-state index contributed by atoms with van der Waals surface area (Å²) in [6, 6.07) is 8.74. The SMILES string of the molecule is CCN1CCCC1CN(C)CCOc1ccccc1CN. The molecule has 118 valence electrons. The molecule has 1 atom stereocenters. The molecule has 21 heavy (non-hydrogen) atoms. The highest BCUT2D eigenvalue weighted by Crippen LogP contribution is 2.18. The summed E-state index contributed by atoms with van der Waals surface area (Å²) in [5, 5.41) is 0. The van der Waals surface area contributed by atoms with Crippen molar-refractivity contribution >= 4 is 0 Å². The number of likely N-dealkylation sites (N-methyl/N-ethyl adjacent to an activating group) is 2. The van der Waals surface area contributed by atoms with Gasteiger partial charge >= 0.3 is 0 Å². The minimum Gasteiger partial charge on any atom is -0.492 e. The van der Waals surface area contributed by atoms with Crippen LogP contribution in [0.5, 0.6) is 5.75 Å². The number of likely N-dealkylation sites (tertiary alicyclic amines) is 1. The molecular formula is C17H29N3O. The maximum atomic E-state index is 5.88. The maximum Gasteiger partial charge on any atom is 0.123 e. The quantitative estimate of drug-likeness (QED) is 0.795. The van der Waals surface area contributed by atoms with Crippen LogP contribution in [0.4, 0.5) is 0 Å². The fourth-order valence-corrected chi connectivity index (χ4v) is 3.09. The minimum absolute atomic E-state index is 0.527. The molecule has 0 aliphatic carbocycles. The molecule has 0 bridgehead atoms. The van der Waals surface area contributed by atoms with E-state index in [1.54, 1.807) is 0 Å². The van der Waals surface area contributed by atoms with Gasteiger partial charge in [-0.15, -0.1) is 0 Å². The van der Waals surface area contributed by atoms with Crippen molar-refractivity contribution in [2.24, 2.45) is 5.73 Å². The number of hydrogen-bond donors (Lipinski definition) is 1. The van der Waals surface area contributed by atoms with Crippen molar-refractivity contribution in [1.29, 1.82) is 0 Å². The summed E-state index contributed by atoms with van der Waals surface area (Å²) in [5.74, 6) is 0.921. The molecule has 1 heterocycles. The third kappa shape index (κ3) is 4.70. The summed E-state index contributed by atoms with van der Waals surface area (Å²) in [7, 11) is 2.18. The van der Waals surface area contributed by atoms with Crippen LogP contribution in [0.3, 0.4) is 0 Å². The molecule has 0 radical (unpaired) electrons. The minimum atomic E-state index is 0.527. The molecule has 0 aromatic heterocycles. The second-order valence-corrected chi connectivity index (χ2v) is 5.85. The Hall–Kier alpha value is -1.10. The average molecular weight is 291 g/mol. The van der Waals surface area contributed by atoms with Crippen molar-refractivity contribution in [2.75, 3.05) is 39.8 Å². The van der Waals surface area contributed by atoms with Crippen molar-refractivity contribution in [2.45, 2.75) is 32.4 Å². The van der Waals surface area contributed by atoms with E-state index in [4.69, 9.17) is 10.5 Å². The monoisotopic (exact) mass is 291 g/mol. The number of nitrogens with zero attached hydrogens (tertiary/aromatic N) is 2. The Bertz CT molecular complexity index is 424. The summed E-state index contributed by atoms with van der Waals surface area (Å²) >= 11 is 0. The first kappa shape index (κ1) is 16.3. The van der Waals surface area contributed by atoms with Gasteiger partial charge in [-0.1, -0.05) is 25.1 Å². The van der Waals surface area contributed by atoms with Crippen LogP contribution in [-0.2, 0) is 6.54 Å². The van der Waals surface area contributed by atoms with Crippen LogP contribution >= 0.6 is 0 Å². The zero-order valence-corrected chi connectivity index (χ0v) is 13.4. The first-order valence-corrected chi connectivity index (χ1v) is 8.08. The van der Waals surface area contributed by atoms with Gasteiger partial charge in [-0.3, -0.25) is 4.90 Å². The number of rotatable bonds is 8. The van der Waals surface area contributed by atoms with Crippen molar-refractivity contribution in [1.82, 2.24) is 9.80 Å². The summed E-state index contributed by atoms with van der Waals surface area (Å²) in [6.45, 7) is 8.01. The normalized spacial score (nSPS) is 19.3. The Kier molecular flexibility index (Phi) is 6.49. The lowest BCUT2D eigenvalue weighted by Gasteiger charge is -2.27. The average Bonchev–Trinajstić information content (AvgIpc) is 2.94. The zero-order valence-electron chi connectivity index (χ0n) is 13.4. The van der Waals surface area contributed by atoms with Gasteiger partial charge in [0.05, 0.1) is 0 Å². The number of ether oxygens (including phenoxy) is 1. The largest absolute Gasteiger partial charge is 0.492 e. The number of nitrogens with two attached hydrogens (primary N) is 1. The molecule has 4 nitrogen and oxygen atoms in total. The third-order valence-electron chi connectivity index (χ3n) is 4.35. The maximum absolute atomic E-state index is 5.88. The van der Waals surface area contributed by atoms with E-state index in [9.17, 15) is 0 Å². The third-order valence-corrected chi connectivity index (χ3v) is 4.35. The molecule has 1 saturated heterocycles. The summed E-state index contributed by atoms with van der Waals surface area (Å²) in [5.41, 5.74) is 6.80. The first-order chi connectivity index (χ1) is 10.2. The van der Waals surface area contributed by atoms with Crippen LogP contribution in [-0.4, -0.2) is 55.7 Å². The molecule has 0 amide bonds. The van der Waals surface area contributed by atoms with Gasteiger partial charge in [0.15, 0.2) is 0 Å². The molecule has 2 N–H and O–H groups in total. The van der Waals surface area contributed by atoms with Gasteiger partial charge in [-0.25, -0.2) is 0 Å². The highest BCUT2D eigenvalue weighted by atomic mass is 16.5. The van der Waals surface area contributed by atoms with Gasteiger partial charge in [0.2, 0.25) is 0 Å². The molecular weight excluding hydrogens is 262 g/mol. The molecule has 0 saturated carbocycles. The van der Waals surface area contributed by atoms with Crippen molar-refractivity contribution < 1.29 is 4.74 Å². The molecule has 1 aromatic rings. The summed E-state index contributed by atoms with van der Waals surface area (Å²) in [6.07, 6.45) is 2.67. The van der Waals surface area contributed by atoms with E-state index < -0.39 is 0 Å². The Balaban J connectivity index is 1.73. The van der Waals surface area contributed by atoms with Crippen molar-refractivity contribution in [3.8, 4) is 5.75 Å². The van der Waals surface area contributed by atoms with Gasteiger partial charge in [0.25, 0.3) is 0 Å². The van der Waals surface area contributed by atoms with Gasteiger partial charge in [0, 0.05) is 31.2 Å². The van der Waals surface area contributed by atoms with E-state index in [2.05, 4.69) is 23.8 Å². The van der Waals surface area contributed by atoms with Gasteiger partial charge in [-0.05, 0) is 39.0 Å². The zero-order chi connectivity index (χ0) is 15.1. The molecule has 2 rings (SSSR count). The lowest BCUT2D eigenvalue weighted by Crippen LogP contribution is -2.40. The number of benzene rings is 1. The van der Waals surface area contributed by atoms with E-state index in [1.165, 1.54) is 25.9 Å². The molecule has 1 aliphatic heterocycles. The summed E-state index contributed by atoms with van der Waals surface area (Å²) in [4.78, 5) is 4.96. The fraction of sp³-hybridized carbons (Fsp3) is 0.647. The van der Waals surface area contributed by atoms with Crippen molar-refractivity contribution in [3.63, 3.8) is 0 Å². The first-order valence-electron chi connectivity index (χ1n) is 8.08. The molecule has 1 aliphatic rings. The fourth-order valence-electron chi connectivity index (χ4n) is 3.09. The van der Waals surface area contributed by atoms with E-state index in [1.807, 2.05) is 24.3 Å². The van der Waals surface area contributed by atoms with E-state index >= 15 is 0 Å². The van der Waals surface area contributed by atoms with Crippen LogP contribution in [0.1, 0.15) is 25.3 Å². The van der Waals surface area contributed by atoms with Crippen LogP contribution in [0.2, 0.25) is 0 Å². The second kappa shape index (κ2) is 8.37. The van der Waals surface area contributed by atoms with Gasteiger partial charge in [0.1, 0.15) is 12.4 Å². The van der Waals surface area contributed by atoms with E-state index in [-0.39, 0.29) is 0 Å². The lowest BCUT2D eigenvalue weighted by molar-refractivity contribution is 0.176. The lowest BCUT2D eigenvalue weighted by atomic mass is 10.2. The van der Waals surface area contributed by atoms with Crippen LogP contribution in [0, 0.1) is 0 Å². The number of hydrogen-bond acceptors (Lipinski definition) is 4. The van der Waals surface area contributed by atoms with Crippen LogP contribution < -0.4 is 10.5 Å². The standard InChI is InChI=1S/C17H29N3O/c1-3-20-10-6-8-16(20)14-19(2)11-12-21-17-9-5-4-7-15(17)13-18/h4-5,7,9,16H,3,6,8,10-14,18H2,1-2H3. The highest BCUT2D eigenvalue weighted by Gasteiger charge is 2.23. The molecule has 1 fully saturated rings. The van der Waals surface area contributed by atoms with E-state index in [0.717, 1.165) is 30.4 Å². The van der Waals surface area contributed by atoms with Crippen molar-refractivity contribution in [3.05, 3.63) is 29.8 Å². The Morgan fingerprint density at radius 2 is 2.19 bits per heavy atom. The summed E-state index contributed by atoms with van der Waals surface area (Å²) < 4.78 is 5.88. The Morgan fingerprint density at radius 1 is 1.38 bits per heavy atom. The molecule has 1 aromatic carbocycles. The topological polar surface area (TPSA) is 41.7 Å². The molecule has 4 heteroatoms. The molecule has 1 unspecified atom stereocenters. The van der Waals surface area contributed by atoms with E-state index in [0.29, 0.717) is 13.2 Å². The van der Waals surface area contributed by atoms with Gasteiger partial charge < -0.3 is 15.4 Å². The Morgan fingerprint density at radius 3 is 2.95 bits per heavy atom. The predicted octanol–water partition coefficient (Wildman–Crippen LogP) is 1.94. The van der Waals surface area contributed by atoms with Gasteiger partial charge in [-0.2, -0.15) is 0 Å². The van der Waals surface area contributed by atoms with Crippen LogP contribution in [0.15, 0.2) is 24.3 Å². The van der Waals surface area contributed by atoms with Crippen LogP contribution in [0.25, 0.3) is 0 Å². The predicted molar refractivity (Wildman–Crippen MR) is 87.6 cm³/mol.